The zero-order valence-electron chi connectivity index (χ0n) is 15.4. The molecule has 4 fully saturated rings. The highest BCUT2D eigenvalue weighted by atomic mass is 16.5. The van der Waals surface area contributed by atoms with Gasteiger partial charge in [-0.3, -0.25) is 0 Å². The molecule has 0 spiro atoms. The van der Waals surface area contributed by atoms with Crippen molar-refractivity contribution in [1.82, 2.24) is 0 Å². The molecule has 132 valence electrons. The molecule has 1 N–H and O–H groups in total. The van der Waals surface area contributed by atoms with Crippen LogP contribution in [0.15, 0.2) is 0 Å². The van der Waals surface area contributed by atoms with E-state index in [0.717, 1.165) is 36.7 Å². The molecule has 0 saturated heterocycles. The summed E-state index contributed by atoms with van der Waals surface area (Å²) in [6.07, 6.45) is 12.2. The lowest BCUT2D eigenvalue weighted by molar-refractivity contribution is -0.139. The maximum absolute atomic E-state index is 10.5. The Kier molecular flexibility index (Phi) is 4.08. The molecule has 3 unspecified atom stereocenters. The fraction of sp³-hybridized carbons (Fsp3) is 1.00. The Balaban J connectivity index is 1.55. The summed E-state index contributed by atoms with van der Waals surface area (Å²) in [7, 11) is 0. The molecule has 0 aromatic carbocycles. The molecule has 4 aliphatic rings. The predicted octanol–water partition coefficient (Wildman–Crippen LogP) is 4.80. The Bertz CT molecular complexity index is 449. The van der Waals surface area contributed by atoms with Gasteiger partial charge in [0.2, 0.25) is 0 Å². The summed E-state index contributed by atoms with van der Waals surface area (Å²) in [6.45, 7) is 8.02. The quantitative estimate of drug-likeness (QED) is 0.792. The van der Waals surface area contributed by atoms with Crippen LogP contribution in [-0.4, -0.2) is 23.9 Å². The normalized spacial score (nSPS) is 55.8. The van der Waals surface area contributed by atoms with Gasteiger partial charge in [0, 0.05) is 6.61 Å². The highest BCUT2D eigenvalue weighted by molar-refractivity contribution is 5.09. The summed E-state index contributed by atoms with van der Waals surface area (Å²) in [4.78, 5) is 0. The van der Waals surface area contributed by atoms with Crippen molar-refractivity contribution in [1.29, 1.82) is 0 Å². The fourth-order valence-electron chi connectivity index (χ4n) is 7.58. The average Bonchev–Trinajstić information content (AvgIpc) is 2.84. The zero-order valence-corrected chi connectivity index (χ0v) is 15.4. The number of hydrogen-bond donors (Lipinski definition) is 1. The van der Waals surface area contributed by atoms with E-state index in [0.29, 0.717) is 11.5 Å². The molecule has 0 aromatic heterocycles. The molecule has 2 heteroatoms. The largest absolute Gasteiger partial charge is 0.393 e. The Morgan fingerprint density at radius 2 is 1.65 bits per heavy atom. The second-order valence-corrected chi connectivity index (χ2v) is 9.65. The van der Waals surface area contributed by atoms with Gasteiger partial charge in [-0.05, 0) is 99.2 Å². The van der Waals surface area contributed by atoms with Gasteiger partial charge in [-0.1, -0.05) is 13.8 Å². The smallest absolute Gasteiger partial charge is 0.0596 e. The van der Waals surface area contributed by atoms with Crippen LogP contribution < -0.4 is 0 Å². The molecule has 0 aromatic rings. The number of aliphatic hydroxyl groups excluding tert-OH is 1. The Hall–Kier alpha value is -0.0800. The Labute approximate surface area is 142 Å². The van der Waals surface area contributed by atoms with E-state index in [2.05, 4.69) is 20.8 Å². The molecule has 23 heavy (non-hydrogen) atoms. The molecule has 0 radical (unpaired) electrons. The molecule has 0 heterocycles. The van der Waals surface area contributed by atoms with Gasteiger partial charge in [0.05, 0.1) is 12.2 Å². The fourth-order valence-corrected chi connectivity index (χ4v) is 7.58. The number of rotatable bonds is 2. The van der Waals surface area contributed by atoms with Crippen LogP contribution in [0.3, 0.4) is 0 Å². The van der Waals surface area contributed by atoms with Crippen molar-refractivity contribution in [3.05, 3.63) is 0 Å². The van der Waals surface area contributed by atoms with E-state index >= 15 is 0 Å². The van der Waals surface area contributed by atoms with Crippen LogP contribution >= 0.6 is 0 Å². The second kappa shape index (κ2) is 5.73. The van der Waals surface area contributed by atoms with E-state index < -0.39 is 0 Å². The van der Waals surface area contributed by atoms with Crippen molar-refractivity contribution in [2.75, 3.05) is 6.61 Å². The molecule has 0 bridgehead atoms. The third-order valence-electron chi connectivity index (χ3n) is 8.97. The molecule has 0 amide bonds. The molecular weight excluding hydrogens is 284 g/mol. The molecule has 4 rings (SSSR count). The van der Waals surface area contributed by atoms with Crippen molar-refractivity contribution in [2.45, 2.75) is 90.8 Å². The Morgan fingerprint density at radius 1 is 0.913 bits per heavy atom. The first-order valence-electron chi connectivity index (χ1n) is 10.3. The summed E-state index contributed by atoms with van der Waals surface area (Å²) >= 11 is 0. The van der Waals surface area contributed by atoms with Crippen LogP contribution in [0.1, 0.15) is 78.6 Å². The van der Waals surface area contributed by atoms with Gasteiger partial charge in [0.1, 0.15) is 0 Å². The first kappa shape index (κ1) is 16.4. The second-order valence-electron chi connectivity index (χ2n) is 9.65. The summed E-state index contributed by atoms with van der Waals surface area (Å²) in [5.74, 6) is 3.46. The average molecular weight is 321 g/mol. The van der Waals surface area contributed by atoms with Crippen LogP contribution in [-0.2, 0) is 4.74 Å². The molecular formula is C21H36O2. The van der Waals surface area contributed by atoms with E-state index in [1.54, 1.807) is 0 Å². The minimum atomic E-state index is -0.0346. The van der Waals surface area contributed by atoms with Gasteiger partial charge in [-0.15, -0.1) is 0 Å². The van der Waals surface area contributed by atoms with Gasteiger partial charge >= 0.3 is 0 Å². The molecule has 2 nitrogen and oxygen atoms in total. The minimum absolute atomic E-state index is 0.0346. The lowest BCUT2D eigenvalue weighted by atomic mass is 9.45. The monoisotopic (exact) mass is 320 g/mol. The highest BCUT2D eigenvalue weighted by Gasteiger charge is 2.60. The maximum Gasteiger partial charge on any atom is 0.0596 e. The van der Waals surface area contributed by atoms with E-state index in [1.165, 1.54) is 51.4 Å². The van der Waals surface area contributed by atoms with Crippen LogP contribution in [0.25, 0.3) is 0 Å². The van der Waals surface area contributed by atoms with Gasteiger partial charge in [0.25, 0.3) is 0 Å². The topological polar surface area (TPSA) is 29.5 Å². The van der Waals surface area contributed by atoms with Crippen molar-refractivity contribution in [2.24, 2.45) is 34.5 Å². The van der Waals surface area contributed by atoms with Crippen molar-refractivity contribution < 1.29 is 9.84 Å². The number of hydrogen-bond acceptors (Lipinski definition) is 2. The number of aliphatic hydroxyl groups is 1. The summed E-state index contributed by atoms with van der Waals surface area (Å²) in [5, 5.41) is 10.5. The lowest BCUT2D eigenvalue weighted by Crippen LogP contribution is -2.54. The lowest BCUT2D eigenvalue weighted by Gasteiger charge is -2.60. The SMILES string of the molecule is CCOC1CC[C@@]2(C)C(CC[C@@H]3[C@H]2CC[C@]2(C)C(O)CC[C@@H]32)C1. The Morgan fingerprint density at radius 3 is 2.43 bits per heavy atom. The van der Waals surface area contributed by atoms with Crippen LogP contribution in [0, 0.1) is 34.5 Å². The third-order valence-corrected chi connectivity index (χ3v) is 8.97. The van der Waals surface area contributed by atoms with Gasteiger partial charge < -0.3 is 9.84 Å². The van der Waals surface area contributed by atoms with Gasteiger partial charge in [0.15, 0.2) is 0 Å². The first-order valence-corrected chi connectivity index (χ1v) is 10.3. The summed E-state index contributed by atoms with van der Waals surface area (Å²) in [5.41, 5.74) is 0.776. The summed E-state index contributed by atoms with van der Waals surface area (Å²) < 4.78 is 5.98. The van der Waals surface area contributed by atoms with Crippen LogP contribution in [0.2, 0.25) is 0 Å². The molecule has 0 aliphatic heterocycles. The van der Waals surface area contributed by atoms with Crippen molar-refractivity contribution >= 4 is 0 Å². The number of ether oxygens (including phenoxy) is 1. The molecule has 4 aliphatic carbocycles. The van der Waals surface area contributed by atoms with E-state index in [1.807, 2.05) is 0 Å². The zero-order chi connectivity index (χ0) is 16.2. The third kappa shape index (κ3) is 2.34. The molecule has 8 atom stereocenters. The summed E-state index contributed by atoms with van der Waals surface area (Å²) in [6, 6.07) is 0. The minimum Gasteiger partial charge on any atom is -0.393 e. The van der Waals surface area contributed by atoms with Crippen molar-refractivity contribution in [3.63, 3.8) is 0 Å². The molecule has 4 saturated carbocycles. The standard InChI is InChI=1S/C21H36O2/c1-4-23-15-9-11-20(2)14(13-15)5-6-16-17-7-8-19(22)21(17,3)12-10-18(16)20/h14-19,22H,4-13H2,1-3H3/t14?,15?,16-,17-,18+,19?,20-,21-/m0/s1. The van der Waals surface area contributed by atoms with Crippen LogP contribution in [0.4, 0.5) is 0 Å². The predicted molar refractivity (Wildman–Crippen MR) is 93.1 cm³/mol. The van der Waals surface area contributed by atoms with Crippen molar-refractivity contribution in [3.8, 4) is 0 Å². The van der Waals surface area contributed by atoms with Gasteiger partial charge in [-0.25, -0.2) is 0 Å². The van der Waals surface area contributed by atoms with E-state index in [4.69, 9.17) is 4.74 Å². The van der Waals surface area contributed by atoms with E-state index in [-0.39, 0.29) is 11.5 Å². The van der Waals surface area contributed by atoms with Crippen LogP contribution in [0.5, 0.6) is 0 Å². The first-order chi connectivity index (χ1) is 11.0. The maximum atomic E-state index is 10.5. The highest BCUT2D eigenvalue weighted by Crippen LogP contribution is 2.66. The van der Waals surface area contributed by atoms with E-state index in [9.17, 15) is 5.11 Å². The number of fused-ring (bicyclic) bond motifs is 5. The van der Waals surface area contributed by atoms with Gasteiger partial charge in [-0.2, -0.15) is 0 Å².